The Balaban J connectivity index is 1.31. The normalized spacial score (nSPS) is 14.1. The highest BCUT2D eigenvalue weighted by Gasteiger charge is 2.19. The first-order valence-electron chi connectivity index (χ1n) is 8.62. The van der Waals surface area contributed by atoms with Crippen molar-refractivity contribution in [2.45, 2.75) is 0 Å². The zero-order valence-corrected chi connectivity index (χ0v) is 15.4. The number of carbonyl (C=O) groups excluding carboxylic acids is 1. The molecule has 4 heterocycles. The number of carbonyl (C=O) groups is 1. The first-order valence-corrected chi connectivity index (χ1v) is 9.50. The number of anilines is 4. The third kappa shape index (κ3) is 4.32. The predicted octanol–water partition coefficient (Wildman–Crippen LogP) is 2.90. The second-order valence-corrected chi connectivity index (χ2v) is 6.94. The number of thiophene rings is 1. The molecule has 1 fully saturated rings. The number of pyridine rings is 1. The van der Waals surface area contributed by atoms with Gasteiger partial charge in [0.25, 0.3) is 0 Å². The molecular formula is C18H19N7OS. The highest BCUT2D eigenvalue weighted by Crippen LogP contribution is 2.18. The summed E-state index contributed by atoms with van der Waals surface area (Å²) in [6.45, 7) is 3.37. The van der Waals surface area contributed by atoms with Crippen LogP contribution in [0.1, 0.15) is 0 Å². The van der Waals surface area contributed by atoms with E-state index in [-0.39, 0.29) is 6.03 Å². The second kappa shape index (κ2) is 8.00. The molecule has 0 atom stereocenters. The van der Waals surface area contributed by atoms with Gasteiger partial charge in [-0.05, 0) is 29.6 Å². The maximum absolute atomic E-state index is 11.9. The number of nitrogens with zero attached hydrogens (tertiary/aromatic N) is 5. The molecule has 1 aliphatic heterocycles. The molecule has 0 aromatic carbocycles. The van der Waals surface area contributed by atoms with Gasteiger partial charge in [-0.15, -0.1) is 11.3 Å². The van der Waals surface area contributed by atoms with E-state index in [1.807, 2.05) is 41.9 Å². The molecule has 3 aromatic heterocycles. The van der Waals surface area contributed by atoms with Gasteiger partial charge in [0.2, 0.25) is 5.95 Å². The molecule has 27 heavy (non-hydrogen) atoms. The zero-order chi connectivity index (χ0) is 18.5. The summed E-state index contributed by atoms with van der Waals surface area (Å²) in [6.07, 6.45) is 5.06. The summed E-state index contributed by atoms with van der Waals surface area (Å²) in [6, 6.07) is 9.36. The van der Waals surface area contributed by atoms with Gasteiger partial charge in [0, 0.05) is 32.4 Å². The van der Waals surface area contributed by atoms with Gasteiger partial charge < -0.3 is 15.1 Å². The Labute approximate surface area is 160 Å². The van der Waals surface area contributed by atoms with Gasteiger partial charge in [-0.25, -0.2) is 19.7 Å². The van der Waals surface area contributed by atoms with Crippen molar-refractivity contribution in [1.82, 2.24) is 15.0 Å². The first-order chi connectivity index (χ1) is 13.3. The fourth-order valence-corrected chi connectivity index (χ4v) is 3.46. The Bertz CT molecular complexity index is 862. The smallest absolute Gasteiger partial charge is 0.324 e. The molecule has 0 aliphatic carbocycles. The van der Waals surface area contributed by atoms with E-state index in [1.165, 1.54) is 11.3 Å². The van der Waals surface area contributed by atoms with Crippen molar-refractivity contribution in [3.05, 3.63) is 54.3 Å². The maximum Gasteiger partial charge on any atom is 0.324 e. The maximum atomic E-state index is 11.9. The van der Waals surface area contributed by atoms with Crippen LogP contribution in [0.25, 0.3) is 0 Å². The number of hydrogen-bond acceptors (Lipinski definition) is 7. The van der Waals surface area contributed by atoms with E-state index < -0.39 is 0 Å². The Kier molecular flexibility index (Phi) is 5.10. The molecule has 138 valence electrons. The number of urea groups is 1. The average molecular weight is 381 g/mol. The van der Waals surface area contributed by atoms with Gasteiger partial charge in [0.05, 0.1) is 23.1 Å². The van der Waals surface area contributed by atoms with Gasteiger partial charge in [-0.3, -0.25) is 5.32 Å². The van der Waals surface area contributed by atoms with Crippen LogP contribution in [0.2, 0.25) is 0 Å². The van der Waals surface area contributed by atoms with Gasteiger partial charge in [-0.2, -0.15) is 0 Å². The van der Waals surface area contributed by atoms with E-state index in [9.17, 15) is 4.79 Å². The second-order valence-electron chi connectivity index (χ2n) is 5.99. The first kappa shape index (κ1) is 17.2. The number of hydrogen-bond donors (Lipinski definition) is 2. The standard InChI is InChI=1S/C18H19N7OS/c26-18(23-16-5-3-11-27-16)22-14-12-20-17(21-13-14)25-9-7-24(8-10-25)15-4-1-2-6-19-15/h1-6,11-13H,7-10H2,(H2,22,23,26). The summed E-state index contributed by atoms with van der Waals surface area (Å²) < 4.78 is 0. The van der Waals surface area contributed by atoms with Crippen LogP contribution in [0.4, 0.5) is 27.2 Å². The van der Waals surface area contributed by atoms with E-state index in [0.717, 1.165) is 37.0 Å². The molecule has 2 N–H and O–H groups in total. The summed E-state index contributed by atoms with van der Waals surface area (Å²) in [5.41, 5.74) is 0.555. The van der Waals surface area contributed by atoms with Crippen molar-refractivity contribution in [3.8, 4) is 0 Å². The lowest BCUT2D eigenvalue weighted by atomic mass is 10.3. The quantitative estimate of drug-likeness (QED) is 0.723. The molecule has 0 unspecified atom stereocenters. The molecule has 0 radical (unpaired) electrons. The van der Waals surface area contributed by atoms with Crippen LogP contribution in [-0.4, -0.2) is 47.2 Å². The monoisotopic (exact) mass is 381 g/mol. The molecule has 0 spiro atoms. The fraction of sp³-hybridized carbons (Fsp3) is 0.222. The number of rotatable bonds is 4. The average Bonchev–Trinajstić information content (AvgIpc) is 3.22. The Hall–Kier alpha value is -3.20. The van der Waals surface area contributed by atoms with Crippen LogP contribution in [0, 0.1) is 0 Å². The summed E-state index contributed by atoms with van der Waals surface area (Å²) in [5, 5.41) is 8.19. The Morgan fingerprint density at radius 2 is 1.70 bits per heavy atom. The molecular weight excluding hydrogens is 362 g/mol. The van der Waals surface area contributed by atoms with Crippen molar-refractivity contribution in [3.63, 3.8) is 0 Å². The van der Waals surface area contributed by atoms with Crippen molar-refractivity contribution in [2.24, 2.45) is 0 Å². The van der Waals surface area contributed by atoms with Crippen molar-refractivity contribution < 1.29 is 4.79 Å². The van der Waals surface area contributed by atoms with Crippen LogP contribution in [0.15, 0.2) is 54.3 Å². The number of amides is 2. The van der Waals surface area contributed by atoms with Gasteiger partial charge in [-0.1, -0.05) is 6.07 Å². The molecule has 4 rings (SSSR count). The molecule has 0 bridgehead atoms. The summed E-state index contributed by atoms with van der Waals surface area (Å²) in [5.74, 6) is 1.66. The van der Waals surface area contributed by atoms with E-state index in [2.05, 4.69) is 35.4 Å². The lowest BCUT2D eigenvalue weighted by molar-refractivity contribution is 0.262. The lowest BCUT2D eigenvalue weighted by Crippen LogP contribution is -2.47. The van der Waals surface area contributed by atoms with Gasteiger partial charge >= 0.3 is 6.03 Å². The third-order valence-electron chi connectivity index (χ3n) is 4.19. The SMILES string of the molecule is O=C(Nc1cnc(N2CCN(c3ccccn3)CC2)nc1)Nc1cccs1. The van der Waals surface area contributed by atoms with Gasteiger partial charge in [0.1, 0.15) is 5.82 Å². The minimum Gasteiger partial charge on any atom is -0.353 e. The summed E-state index contributed by atoms with van der Waals surface area (Å²) >= 11 is 1.46. The number of nitrogens with one attached hydrogen (secondary N) is 2. The minimum atomic E-state index is -0.308. The lowest BCUT2D eigenvalue weighted by Gasteiger charge is -2.35. The van der Waals surface area contributed by atoms with Crippen LogP contribution in [0.3, 0.4) is 0 Å². The fourth-order valence-electron chi connectivity index (χ4n) is 2.85. The van der Waals surface area contributed by atoms with Crippen LogP contribution >= 0.6 is 11.3 Å². The Morgan fingerprint density at radius 3 is 2.37 bits per heavy atom. The predicted molar refractivity (Wildman–Crippen MR) is 108 cm³/mol. The van der Waals surface area contributed by atoms with Crippen molar-refractivity contribution in [2.75, 3.05) is 46.6 Å². The molecule has 1 aliphatic rings. The van der Waals surface area contributed by atoms with E-state index >= 15 is 0 Å². The van der Waals surface area contributed by atoms with Crippen molar-refractivity contribution in [1.29, 1.82) is 0 Å². The topological polar surface area (TPSA) is 86.3 Å². The number of aromatic nitrogens is 3. The van der Waals surface area contributed by atoms with Gasteiger partial charge in [0.15, 0.2) is 0 Å². The molecule has 8 nitrogen and oxygen atoms in total. The van der Waals surface area contributed by atoms with E-state index in [4.69, 9.17) is 0 Å². The van der Waals surface area contributed by atoms with E-state index in [1.54, 1.807) is 12.4 Å². The zero-order valence-electron chi connectivity index (χ0n) is 14.6. The number of piperazine rings is 1. The molecule has 2 amide bonds. The van der Waals surface area contributed by atoms with Crippen LogP contribution in [-0.2, 0) is 0 Å². The van der Waals surface area contributed by atoms with Crippen LogP contribution in [0.5, 0.6) is 0 Å². The molecule has 3 aromatic rings. The minimum absolute atomic E-state index is 0.308. The Morgan fingerprint density at radius 1 is 0.926 bits per heavy atom. The van der Waals surface area contributed by atoms with Crippen molar-refractivity contribution >= 4 is 39.8 Å². The third-order valence-corrected chi connectivity index (χ3v) is 4.98. The highest BCUT2D eigenvalue weighted by atomic mass is 32.1. The largest absolute Gasteiger partial charge is 0.353 e. The summed E-state index contributed by atoms with van der Waals surface area (Å²) in [7, 11) is 0. The van der Waals surface area contributed by atoms with E-state index in [0.29, 0.717) is 11.6 Å². The summed E-state index contributed by atoms with van der Waals surface area (Å²) in [4.78, 5) is 29.5. The van der Waals surface area contributed by atoms with Crippen LogP contribution < -0.4 is 20.4 Å². The molecule has 9 heteroatoms. The molecule has 0 saturated carbocycles. The highest BCUT2D eigenvalue weighted by molar-refractivity contribution is 7.14. The molecule has 1 saturated heterocycles.